The molecule has 0 aromatic carbocycles. The average Bonchev–Trinajstić information content (AvgIpc) is 1.97. The SMILES string of the molecule is C=C(C#CCCCC)C(C)O. The van der Waals surface area contributed by atoms with Crippen molar-refractivity contribution in [2.45, 2.75) is 39.2 Å². The summed E-state index contributed by atoms with van der Waals surface area (Å²) < 4.78 is 0. The monoisotopic (exact) mass is 152 g/mol. The quantitative estimate of drug-likeness (QED) is 0.485. The molecular formula is C10H16O. The van der Waals surface area contributed by atoms with E-state index >= 15 is 0 Å². The van der Waals surface area contributed by atoms with Gasteiger partial charge in [0.25, 0.3) is 0 Å². The van der Waals surface area contributed by atoms with Crippen molar-refractivity contribution in [1.82, 2.24) is 0 Å². The van der Waals surface area contributed by atoms with Crippen LogP contribution in [0.3, 0.4) is 0 Å². The molecule has 0 amide bonds. The van der Waals surface area contributed by atoms with Crippen LogP contribution in [0.5, 0.6) is 0 Å². The largest absolute Gasteiger partial charge is 0.388 e. The molecule has 0 rings (SSSR count). The lowest BCUT2D eigenvalue weighted by molar-refractivity contribution is 0.237. The molecule has 0 saturated heterocycles. The van der Waals surface area contributed by atoms with Gasteiger partial charge in [-0.05, 0) is 13.3 Å². The van der Waals surface area contributed by atoms with Gasteiger partial charge < -0.3 is 5.11 Å². The minimum atomic E-state index is -0.496. The zero-order valence-corrected chi connectivity index (χ0v) is 7.35. The van der Waals surface area contributed by atoms with E-state index in [2.05, 4.69) is 25.3 Å². The van der Waals surface area contributed by atoms with Gasteiger partial charge in [-0.2, -0.15) is 0 Å². The molecule has 0 aliphatic rings. The molecule has 0 saturated carbocycles. The molecule has 0 aliphatic carbocycles. The van der Waals surface area contributed by atoms with Crippen LogP contribution in [0.1, 0.15) is 33.1 Å². The van der Waals surface area contributed by atoms with E-state index < -0.39 is 6.10 Å². The molecule has 0 aliphatic heterocycles. The van der Waals surface area contributed by atoms with Crippen molar-refractivity contribution in [2.75, 3.05) is 0 Å². The zero-order chi connectivity index (χ0) is 8.69. The van der Waals surface area contributed by atoms with Crippen LogP contribution in [0, 0.1) is 11.8 Å². The van der Waals surface area contributed by atoms with Gasteiger partial charge in [0.05, 0.1) is 6.10 Å². The van der Waals surface area contributed by atoms with Crippen LogP contribution in [-0.2, 0) is 0 Å². The van der Waals surface area contributed by atoms with E-state index in [9.17, 15) is 0 Å². The van der Waals surface area contributed by atoms with E-state index in [4.69, 9.17) is 5.11 Å². The standard InChI is InChI=1S/C10H16O/c1-4-5-6-7-8-9(2)10(3)11/h10-11H,2,4-6H2,1,3H3. The second-order valence-corrected chi connectivity index (χ2v) is 2.61. The highest BCUT2D eigenvalue weighted by Gasteiger charge is 1.94. The van der Waals surface area contributed by atoms with Gasteiger partial charge in [-0.1, -0.05) is 31.8 Å². The van der Waals surface area contributed by atoms with Gasteiger partial charge in [0.2, 0.25) is 0 Å². The fourth-order valence-electron chi connectivity index (χ4n) is 0.546. The fourth-order valence-corrected chi connectivity index (χ4v) is 0.546. The molecule has 1 unspecified atom stereocenters. The first-order chi connectivity index (χ1) is 5.18. The van der Waals surface area contributed by atoms with Crippen molar-refractivity contribution in [3.05, 3.63) is 12.2 Å². The van der Waals surface area contributed by atoms with Crippen molar-refractivity contribution in [3.63, 3.8) is 0 Å². The van der Waals surface area contributed by atoms with Crippen LogP contribution < -0.4 is 0 Å². The first-order valence-corrected chi connectivity index (χ1v) is 4.04. The van der Waals surface area contributed by atoms with Crippen molar-refractivity contribution >= 4 is 0 Å². The van der Waals surface area contributed by atoms with Gasteiger partial charge in [0, 0.05) is 12.0 Å². The second-order valence-electron chi connectivity index (χ2n) is 2.61. The maximum Gasteiger partial charge on any atom is 0.0833 e. The molecule has 0 spiro atoms. The van der Waals surface area contributed by atoms with Gasteiger partial charge in [0.1, 0.15) is 0 Å². The van der Waals surface area contributed by atoms with Gasteiger partial charge in [-0.3, -0.25) is 0 Å². The summed E-state index contributed by atoms with van der Waals surface area (Å²) in [6.45, 7) is 7.44. The summed E-state index contributed by atoms with van der Waals surface area (Å²) in [5.41, 5.74) is 0.612. The highest BCUT2D eigenvalue weighted by Crippen LogP contribution is 1.96. The number of unbranched alkanes of at least 4 members (excludes halogenated alkanes) is 2. The van der Waals surface area contributed by atoms with Crippen LogP contribution in [0.25, 0.3) is 0 Å². The third-order valence-electron chi connectivity index (χ3n) is 1.41. The third-order valence-corrected chi connectivity index (χ3v) is 1.41. The van der Waals surface area contributed by atoms with Gasteiger partial charge >= 0.3 is 0 Å². The van der Waals surface area contributed by atoms with Gasteiger partial charge in [0.15, 0.2) is 0 Å². The first kappa shape index (κ1) is 10.3. The second kappa shape index (κ2) is 6.00. The smallest absolute Gasteiger partial charge is 0.0833 e. The molecule has 0 aromatic heterocycles. The normalized spacial score (nSPS) is 11.5. The molecule has 0 radical (unpaired) electrons. The Balaban J connectivity index is 3.60. The number of hydrogen-bond donors (Lipinski definition) is 1. The predicted octanol–water partition coefficient (Wildman–Crippen LogP) is 2.12. The number of rotatable bonds is 3. The summed E-state index contributed by atoms with van der Waals surface area (Å²) in [5, 5.41) is 8.98. The van der Waals surface area contributed by atoms with Crippen LogP contribution in [-0.4, -0.2) is 11.2 Å². The molecule has 11 heavy (non-hydrogen) atoms. The van der Waals surface area contributed by atoms with E-state index in [-0.39, 0.29) is 0 Å². The minimum Gasteiger partial charge on any atom is -0.388 e. The zero-order valence-electron chi connectivity index (χ0n) is 7.35. The highest BCUT2D eigenvalue weighted by molar-refractivity contribution is 5.28. The van der Waals surface area contributed by atoms with E-state index in [0.29, 0.717) is 5.57 Å². The number of aliphatic hydroxyl groups is 1. The summed E-state index contributed by atoms with van der Waals surface area (Å²) in [5.74, 6) is 5.78. The Labute approximate surface area is 69.1 Å². The highest BCUT2D eigenvalue weighted by atomic mass is 16.3. The molecule has 1 heteroatoms. The van der Waals surface area contributed by atoms with Crippen molar-refractivity contribution in [2.24, 2.45) is 0 Å². The third kappa shape index (κ3) is 5.69. The summed E-state index contributed by atoms with van der Waals surface area (Å²) >= 11 is 0. The maximum atomic E-state index is 8.98. The Hall–Kier alpha value is -0.740. The van der Waals surface area contributed by atoms with Crippen LogP contribution in [0.2, 0.25) is 0 Å². The summed E-state index contributed by atoms with van der Waals surface area (Å²) in [7, 11) is 0. The predicted molar refractivity (Wildman–Crippen MR) is 48.1 cm³/mol. The lowest BCUT2D eigenvalue weighted by Gasteiger charge is -1.97. The van der Waals surface area contributed by atoms with Crippen molar-refractivity contribution in [1.29, 1.82) is 0 Å². The molecule has 0 fully saturated rings. The summed E-state index contributed by atoms with van der Waals surface area (Å²) in [6.07, 6.45) is 2.70. The van der Waals surface area contributed by atoms with Gasteiger partial charge in [-0.25, -0.2) is 0 Å². The Bertz CT molecular complexity index is 169. The molecule has 1 N–H and O–H groups in total. The van der Waals surface area contributed by atoms with E-state index in [1.54, 1.807) is 6.92 Å². The number of hydrogen-bond acceptors (Lipinski definition) is 1. The minimum absolute atomic E-state index is 0.496. The lowest BCUT2D eigenvalue weighted by Crippen LogP contribution is -2.00. The summed E-state index contributed by atoms with van der Waals surface area (Å²) in [4.78, 5) is 0. The molecule has 1 atom stereocenters. The van der Waals surface area contributed by atoms with Gasteiger partial charge in [-0.15, -0.1) is 0 Å². The summed E-state index contributed by atoms with van der Waals surface area (Å²) in [6, 6.07) is 0. The average molecular weight is 152 g/mol. The maximum absolute atomic E-state index is 8.98. The molecule has 0 bridgehead atoms. The Morgan fingerprint density at radius 2 is 2.27 bits per heavy atom. The topological polar surface area (TPSA) is 20.2 Å². The Morgan fingerprint density at radius 1 is 1.64 bits per heavy atom. The van der Waals surface area contributed by atoms with Crippen LogP contribution >= 0.6 is 0 Å². The van der Waals surface area contributed by atoms with Crippen LogP contribution in [0.15, 0.2) is 12.2 Å². The molecule has 0 aromatic rings. The molecular weight excluding hydrogens is 136 g/mol. The lowest BCUT2D eigenvalue weighted by atomic mass is 10.2. The molecule has 0 heterocycles. The first-order valence-electron chi connectivity index (χ1n) is 4.04. The Morgan fingerprint density at radius 3 is 2.73 bits per heavy atom. The molecule has 62 valence electrons. The van der Waals surface area contributed by atoms with Crippen molar-refractivity contribution in [3.8, 4) is 11.8 Å². The molecule has 1 nitrogen and oxygen atoms in total. The number of aliphatic hydroxyl groups excluding tert-OH is 1. The fraction of sp³-hybridized carbons (Fsp3) is 0.600. The van der Waals surface area contributed by atoms with E-state index in [0.717, 1.165) is 19.3 Å². The van der Waals surface area contributed by atoms with E-state index in [1.165, 1.54) is 0 Å². The van der Waals surface area contributed by atoms with Crippen molar-refractivity contribution < 1.29 is 5.11 Å². The Kier molecular flexibility index (Phi) is 5.60. The van der Waals surface area contributed by atoms with E-state index in [1.807, 2.05) is 0 Å². The van der Waals surface area contributed by atoms with Crippen LogP contribution in [0.4, 0.5) is 0 Å².